The maximum Gasteiger partial charge on any atom is 0.269 e. The first kappa shape index (κ1) is 20.4. The Balaban J connectivity index is 1.43. The normalized spacial score (nSPS) is 23.7. The number of nitrogens with zero attached hydrogens (tertiary/aromatic N) is 2. The van der Waals surface area contributed by atoms with E-state index in [1.165, 1.54) is 40.9 Å². The predicted molar refractivity (Wildman–Crippen MR) is 106 cm³/mol. The van der Waals surface area contributed by atoms with Crippen molar-refractivity contribution in [3.63, 3.8) is 0 Å². The summed E-state index contributed by atoms with van der Waals surface area (Å²) in [5, 5.41) is 24.7. The van der Waals surface area contributed by atoms with E-state index >= 15 is 0 Å². The van der Waals surface area contributed by atoms with Gasteiger partial charge in [0.25, 0.3) is 11.6 Å². The molecule has 30 heavy (non-hydrogen) atoms. The first-order valence-corrected chi connectivity index (χ1v) is 10.8. The maximum absolute atomic E-state index is 12.7. The second-order valence-corrected chi connectivity index (χ2v) is 8.80. The summed E-state index contributed by atoms with van der Waals surface area (Å²) in [5.41, 5.74) is 1.27. The number of β-lactam (4-membered cyclic amide) rings is 1. The van der Waals surface area contributed by atoms with Gasteiger partial charge in [-0.2, -0.15) is 0 Å². The summed E-state index contributed by atoms with van der Waals surface area (Å²) in [6.07, 6.45) is 3.93. The highest BCUT2D eigenvalue weighted by Gasteiger charge is 2.53. The van der Waals surface area contributed by atoms with Crippen molar-refractivity contribution in [2.75, 3.05) is 5.75 Å². The van der Waals surface area contributed by atoms with Crippen molar-refractivity contribution in [1.82, 2.24) is 10.2 Å². The van der Waals surface area contributed by atoms with Crippen molar-refractivity contribution in [3.05, 3.63) is 51.2 Å². The zero-order valence-corrected chi connectivity index (χ0v) is 16.9. The van der Waals surface area contributed by atoms with E-state index in [0.717, 1.165) is 31.3 Å². The number of non-ortho nitro benzene ring substituents is 1. The number of carbonyl (C=O) groups is 3. The molecular weight excluding hydrogens is 410 g/mol. The molecule has 1 aliphatic carbocycles. The minimum Gasteiger partial charge on any atom is -0.543 e. The molecule has 1 aromatic carbocycles. The fourth-order valence-electron chi connectivity index (χ4n) is 4.36. The van der Waals surface area contributed by atoms with Gasteiger partial charge in [0.2, 0.25) is 5.91 Å². The summed E-state index contributed by atoms with van der Waals surface area (Å²) in [7, 11) is 0. The highest BCUT2D eigenvalue weighted by molar-refractivity contribution is 8.00. The molecule has 0 bridgehead atoms. The molecule has 2 atom stereocenters. The molecule has 2 amide bonds. The lowest BCUT2D eigenvalue weighted by Crippen LogP contribution is -2.71. The number of carboxylic acid groups (broad SMARTS) is 1. The molecule has 1 saturated carbocycles. The monoisotopic (exact) mass is 430 g/mol. The summed E-state index contributed by atoms with van der Waals surface area (Å²) in [5.74, 6) is -1.50. The van der Waals surface area contributed by atoms with Crippen LogP contribution in [-0.4, -0.2) is 44.8 Å². The molecule has 10 heteroatoms. The largest absolute Gasteiger partial charge is 0.543 e. The second-order valence-electron chi connectivity index (χ2n) is 7.70. The van der Waals surface area contributed by atoms with Gasteiger partial charge in [-0.25, -0.2) is 0 Å². The molecule has 1 aromatic rings. The van der Waals surface area contributed by atoms with E-state index in [-0.39, 0.29) is 23.7 Å². The van der Waals surface area contributed by atoms with E-state index in [0.29, 0.717) is 11.3 Å². The lowest BCUT2D eigenvalue weighted by atomic mass is 9.93. The van der Waals surface area contributed by atoms with E-state index in [1.54, 1.807) is 0 Å². The van der Waals surface area contributed by atoms with Crippen LogP contribution in [0.5, 0.6) is 0 Å². The third kappa shape index (κ3) is 3.67. The van der Waals surface area contributed by atoms with E-state index in [2.05, 4.69) is 5.32 Å². The number of aliphatic carboxylic acids is 1. The number of nitrogens with one attached hydrogen (secondary N) is 1. The highest BCUT2D eigenvalue weighted by Crippen LogP contribution is 2.45. The summed E-state index contributed by atoms with van der Waals surface area (Å²) < 4.78 is 0. The molecule has 0 spiro atoms. The van der Waals surface area contributed by atoms with Gasteiger partial charge >= 0.3 is 0 Å². The molecule has 0 radical (unpaired) electrons. The summed E-state index contributed by atoms with van der Waals surface area (Å²) in [4.78, 5) is 48.3. The third-order valence-electron chi connectivity index (χ3n) is 5.87. The Kier molecular flexibility index (Phi) is 5.50. The van der Waals surface area contributed by atoms with Gasteiger partial charge in [-0.05, 0) is 29.9 Å². The van der Waals surface area contributed by atoms with Crippen molar-refractivity contribution in [3.8, 4) is 0 Å². The molecule has 2 fully saturated rings. The van der Waals surface area contributed by atoms with Crippen molar-refractivity contribution in [2.24, 2.45) is 5.92 Å². The fraction of sp³-hybridized carbons (Fsp3) is 0.450. The molecule has 158 valence electrons. The Labute approximate surface area is 176 Å². The van der Waals surface area contributed by atoms with Gasteiger partial charge in [-0.15, -0.1) is 11.8 Å². The van der Waals surface area contributed by atoms with Crippen LogP contribution < -0.4 is 10.4 Å². The smallest absolute Gasteiger partial charge is 0.269 e. The molecule has 1 saturated heterocycles. The lowest BCUT2D eigenvalue weighted by Gasteiger charge is -2.51. The SMILES string of the molecule is O=C(Cc1ccc([N+](=O)[O-])cc1)N[C@H]1C(=O)N2C(C(=O)[O-])=C(C3CCCC3)CS[C@H]12. The van der Waals surface area contributed by atoms with Crippen LogP contribution in [0.25, 0.3) is 0 Å². The molecule has 2 aliphatic heterocycles. The minimum absolute atomic E-state index is 0.0171. The number of carbonyl (C=O) groups excluding carboxylic acids is 3. The van der Waals surface area contributed by atoms with Gasteiger partial charge in [0, 0.05) is 17.9 Å². The van der Waals surface area contributed by atoms with Gasteiger partial charge in [0.05, 0.1) is 23.0 Å². The summed E-state index contributed by atoms with van der Waals surface area (Å²) in [6, 6.07) is 4.83. The molecule has 0 unspecified atom stereocenters. The molecule has 0 aromatic heterocycles. The first-order chi connectivity index (χ1) is 14.4. The Morgan fingerprint density at radius 1 is 1.20 bits per heavy atom. The van der Waals surface area contributed by atoms with Crippen LogP contribution in [-0.2, 0) is 20.8 Å². The van der Waals surface area contributed by atoms with Gasteiger partial charge < -0.3 is 15.2 Å². The van der Waals surface area contributed by atoms with Crippen LogP contribution in [0.2, 0.25) is 0 Å². The van der Waals surface area contributed by atoms with Gasteiger partial charge in [0.15, 0.2) is 0 Å². The Bertz CT molecular complexity index is 938. The number of benzene rings is 1. The third-order valence-corrected chi connectivity index (χ3v) is 7.17. The fourth-order valence-corrected chi connectivity index (χ4v) is 5.82. The van der Waals surface area contributed by atoms with Crippen LogP contribution in [0, 0.1) is 16.0 Å². The Morgan fingerprint density at radius 3 is 2.47 bits per heavy atom. The number of hydrogen-bond acceptors (Lipinski definition) is 7. The number of fused-ring (bicyclic) bond motifs is 1. The quantitative estimate of drug-likeness (QED) is 0.400. The lowest BCUT2D eigenvalue weighted by molar-refractivity contribution is -0.384. The number of amides is 2. The number of thioether (sulfide) groups is 1. The van der Waals surface area contributed by atoms with Crippen LogP contribution >= 0.6 is 11.8 Å². The van der Waals surface area contributed by atoms with Crippen LogP contribution in [0.1, 0.15) is 31.2 Å². The maximum atomic E-state index is 12.7. The molecular formula is C20H20N3O6S-. The number of rotatable bonds is 6. The number of carboxylic acids is 1. The van der Waals surface area contributed by atoms with E-state index in [1.807, 2.05) is 0 Å². The topological polar surface area (TPSA) is 133 Å². The average Bonchev–Trinajstić information content (AvgIpc) is 3.25. The number of nitro groups is 1. The van der Waals surface area contributed by atoms with Crippen LogP contribution in [0.3, 0.4) is 0 Å². The Hall–Kier alpha value is -2.88. The minimum atomic E-state index is -1.34. The van der Waals surface area contributed by atoms with Gasteiger partial charge in [-0.3, -0.25) is 24.6 Å². The van der Waals surface area contributed by atoms with Crippen molar-refractivity contribution >= 4 is 35.2 Å². The van der Waals surface area contributed by atoms with Crippen LogP contribution in [0.15, 0.2) is 35.5 Å². The molecule has 3 aliphatic rings. The Morgan fingerprint density at radius 2 is 1.87 bits per heavy atom. The summed E-state index contributed by atoms with van der Waals surface area (Å²) in [6.45, 7) is 0. The van der Waals surface area contributed by atoms with Crippen molar-refractivity contribution in [2.45, 2.75) is 43.5 Å². The highest BCUT2D eigenvalue weighted by atomic mass is 32.2. The standard InChI is InChI=1S/C20H21N3O6S/c24-15(9-11-5-7-13(8-6-11)23(28)29)21-16-18(25)22-17(20(26)27)14(10-30-19(16)22)12-3-1-2-4-12/h5-8,12,16,19H,1-4,9-10H2,(H,21,24)(H,26,27)/p-1/t16-,19+/m0/s1. The van der Waals surface area contributed by atoms with Gasteiger partial charge in [0.1, 0.15) is 11.4 Å². The molecule has 2 heterocycles. The van der Waals surface area contributed by atoms with E-state index in [4.69, 9.17) is 0 Å². The van der Waals surface area contributed by atoms with Crippen LogP contribution in [0.4, 0.5) is 5.69 Å². The van der Waals surface area contributed by atoms with Crippen molar-refractivity contribution < 1.29 is 24.4 Å². The predicted octanol–water partition coefficient (Wildman–Crippen LogP) is 0.731. The van der Waals surface area contributed by atoms with E-state index in [9.17, 15) is 29.6 Å². The zero-order valence-electron chi connectivity index (χ0n) is 16.0. The number of hydrogen-bond donors (Lipinski definition) is 1. The number of nitro benzene ring substituents is 1. The first-order valence-electron chi connectivity index (χ1n) is 9.78. The average molecular weight is 430 g/mol. The van der Waals surface area contributed by atoms with Gasteiger partial charge in [-0.1, -0.05) is 25.0 Å². The second kappa shape index (κ2) is 8.10. The molecule has 4 rings (SSSR count). The zero-order chi connectivity index (χ0) is 21.4. The molecule has 1 N–H and O–H groups in total. The van der Waals surface area contributed by atoms with Crippen molar-refractivity contribution in [1.29, 1.82) is 0 Å². The van der Waals surface area contributed by atoms with E-state index < -0.39 is 34.1 Å². The summed E-state index contributed by atoms with van der Waals surface area (Å²) >= 11 is 1.46. The molecule has 9 nitrogen and oxygen atoms in total.